The lowest BCUT2D eigenvalue weighted by Crippen LogP contribution is -2.34. The second-order valence-corrected chi connectivity index (χ2v) is 10.6. The lowest BCUT2D eigenvalue weighted by atomic mass is 9.87. The molecule has 0 amide bonds. The Morgan fingerprint density at radius 1 is 1.31 bits per heavy atom. The number of sulfonamides is 1. The third-order valence-corrected chi connectivity index (χ3v) is 6.36. The average molecular weight is 498 g/mol. The van der Waals surface area contributed by atoms with Crippen molar-refractivity contribution in [1.82, 2.24) is 14.8 Å². The van der Waals surface area contributed by atoms with E-state index in [1.165, 1.54) is 17.1 Å². The van der Waals surface area contributed by atoms with Gasteiger partial charge in [-0.2, -0.15) is 10.4 Å². The molecule has 2 heterocycles. The molecule has 10 nitrogen and oxygen atoms in total. The summed E-state index contributed by atoms with van der Waals surface area (Å²) < 4.78 is 30.5. The molecule has 0 bridgehead atoms. The average Bonchev–Trinajstić information content (AvgIpc) is 3.30. The van der Waals surface area contributed by atoms with Gasteiger partial charge in [-0.25, -0.2) is 18.5 Å². The maximum atomic E-state index is 11.6. The smallest absolute Gasteiger partial charge is 0.307 e. The van der Waals surface area contributed by atoms with Gasteiger partial charge in [0.05, 0.1) is 29.8 Å². The molecule has 0 saturated carbocycles. The van der Waals surface area contributed by atoms with Gasteiger partial charge in [-0.05, 0) is 60.2 Å². The number of carbonyl (C=O) groups is 1. The molecule has 184 valence electrons. The zero-order chi connectivity index (χ0) is 26.0. The van der Waals surface area contributed by atoms with Crippen molar-refractivity contribution < 1.29 is 23.1 Å². The number of nitrogens with zero attached hydrogens (tertiary/aromatic N) is 4. The summed E-state index contributed by atoms with van der Waals surface area (Å²) in [5.74, 6) is -0.668. The SMILES string of the molecule is CC(C)c1cc(C#N)cc(-c2ccnc(OCC(C)(C)n3cc(S(N)(=O)=O)cn3)c2)c1CC(=O)O. The van der Waals surface area contributed by atoms with Gasteiger partial charge in [0, 0.05) is 18.5 Å². The van der Waals surface area contributed by atoms with E-state index in [2.05, 4.69) is 16.2 Å². The molecule has 2 aromatic heterocycles. The highest BCUT2D eigenvalue weighted by atomic mass is 32.2. The number of rotatable bonds is 9. The monoisotopic (exact) mass is 497 g/mol. The van der Waals surface area contributed by atoms with E-state index in [1.54, 1.807) is 30.5 Å². The molecule has 0 saturated heterocycles. The molecule has 0 aliphatic heterocycles. The van der Waals surface area contributed by atoms with Crippen LogP contribution in [0.15, 0.2) is 47.8 Å². The Hall–Kier alpha value is -3.75. The molecule has 3 N–H and O–H groups in total. The van der Waals surface area contributed by atoms with Crippen LogP contribution in [0.5, 0.6) is 5.88 Å². The Bertz CT molecular complexity index is 1400. The third-order valence-electron chi connectivity index (χ3n) is 5.49. The number of benzene rings is 1. The van der Waals surface area contributed by atoms with E-state index in [-0.39, 0.29) is 29.7 Å². The normalized spacial score (nSPS) is 11.9. The molecule has 35 heavy (non-hydrogen) atoms. The van der Waals surface area contributed by atoms with E-state index in [9.17, 15) is 23.6 Å². The van der Waals surface area contributed by atoms with Gasteiger partial charge < -0.3 is 9.84 Å². The number of nitrogens with two attached hydrogens (primary N) is 1. The number of carboxylic acid groups (broad SMARTS) is 1. The van der Waals surface area contributed by atoms with Gasteiger partial charge in [-0.15, -0.1) is 0 Å². The highest BCUT2D eigenvalue weighted by Gasteiger charge is 2.25. The summed E-state index contributed by atoms with van der Waals surface area (Å²) in [6, 6.07) is 8.96. The molecule has 3 rings (SSSR count). The fourth-order valence-corrected chi connectivity index (χ4v) is 4.08. The predicted octanol–water partition coefficient (Wildman–Crippen LogP) is 3.03. The van der Waals surface area contributed by atoms with E-state index in [0.29, 0.717) is 22.3 Å². The molecule has 0 spiro atoms. The number of hydrogen-bond donors (Lipinski definition) is 2. The molecule has 0 radical (unpaired) electrons. The highest BCUT2D eigenvalue weighted by Crippen LogP contribution is 2.33. The maximum Gasteiger partial charge on any atom is 0.307 e. The number of hydrogen-bond acceptors (Lipinski definition) is 7. The van der Waals surface area contributed by atoms with Crippen molar-refractivity contribution in [3.8, 4) is 23.1 Å². The number of aliphatic carboxylic acids is 1. The van der Waals surface area contributed by atoms with E-state index in [0.717, 1.165) is 5.56 Å². The van der Waals surface area contributed by atoms with E-state index < -0.39 is 21.5 Å². The third kappa shape index (κ3) is 6.03. The van der Waals surface area contributed by atoms with Crippen molar-refractivity contribution in [3.63, 3.8) is 0 Å². The van der Waals surface area contributed by atoms with Crippen LogP contribution in [-0.4, -0.2) is 40.9 Å². The molecule has 0 fully saturated rings. The molecule has 0 unspecified atom stereocenters. The number of ether oxygens (including phenoxy) is 1. The zero-order valence-corrected chi connectivity index (χ0v) is 20.7. The Morgan fingerprint density at radius 2 is 2.03 bits per heavy atom. The summed E-state index contributed by atoms with van der Waals surface area (Å²) in [5.41, 5.74) is 2.43. The lowest BCUT2D eigenvalue weighted by Gasteiger charge is -2.25. The zero-order valence-electron chi connectivity index (χ0n) is 19.9. The van der Waals surface area contributed by atoms with Crippen LogP contribution in [0, 0.1) is 11.3 Å². The maximum absolute atomic E-state index is 11.6. The fraction of sp³-hybridized carbons (Fsp3) is 0.333. The van der Waals surface area contributed by atoms with Gasteiger partial charge in [-0.1, -0.05) is 13.8 Å². The van der Waals surface area contributed by atoms with Crippen molar-refractivity contribution in [3.05, 3.63) is 59.5 Å². The van der Waals surface area contributed by atoms with Crippen molar-refractivity contribution in [2.24, 2.45) is 5.14 Å². The first kappa shape index (κ1) is 25.9. The Labute approximate surface area is 204 Å². The standard InChI is InChI=1S/C24H27N5O5S/c1-15(2)19-7-16(11-25)8-20(21(19)10-23(30)31)17-5-6-27-22(9-17)34-14-24(3,4)29-13-18(12-28-29)35(26,32)33/h5-9,12-13,15H,10,14H2,1-4H3,(H,30,31)(H2,26,32,33). The first-order chi connectivity index (χ1) is 16.3. The Morgan fingerprint density at radius 3 is 2.60 bits per heavy atom. The van der Waals surface area contributed by atoms with Crippen LogP contribution in [0.2, 0.25) is 0 Å². The van der Waals surface area contributed by atoms with Gasteiger partial charge in [-0.3, -0.25) is 9.48 Å². The first-order valence-corrected chi connectivity index (χ1v) is 12.3. The minimum absolute atomic E-state index is 0.0195. The summed E-state index contributed by atoms with van der Waals surface area (Å²) in [4.78, 5) is 15.7. The molecule has 11 heteroatoms. The number of carboxylic acids is 1. The fourth-order valence-electron chi connectivity index (χ4n) is 3.64. The quantitative estimate of drug-likeness (QED) is 0.456. The van der Waals surface area contributed by atoms with Crippen molar-refractivity contribution in [2.45, 2.75) is 50.5 Å². The van der Waals surface area contributed by atoms with Crippen molar-refractivity contribution in [2.75, 3.05) is 6.61 Å². The minimum atomic E-state index is -3.88. The highest BCUT2D eigenvalue weighted by molar-refractivity contribution is 7.89. The molecule has 0 aliphatic rings. The van der Waals surface area contributed by atoms with E-state index in [1.807, 2.05) is 27.7 Å². The Kier molecular flexibility index (Phi) is 7.28. The predicted molar refractivity (Wildman–Crippen MR) is 128 cm³/mol. The van der Waals surface area contributed by atoms with Crippen molar-refractivity contribution >= 4 is 16.0 Å². The van der Waals surface area contributed by atoms with E-state index >= 15 is 0 Å². The van der Waals surface area contributed by atoms with Crippen LogP contribution in [-0.2, 0) is 26.8 Å². The summed E-state index contributed by atoms with van der Waals surface area (Å²) in [6.07, 6.45) is 3.87. The summed E-state index contributed by atoms with van der Waals surface area (Å²) >= 11 is 0. The van der Waals surface area contributed by atoms with Gasteiger partial charge in [0.1, 0.15) is 11.5 Å². The second-order valence-electron chi connectivity index (χ2n) is 9.08. The summed E-state index contributed by atoms with van der Waals surface area (Å²) in [7, 11) is -3.88. The minimum Gasteiger partial charge on any atom is -0.481 e. The number of aromatic nitrogens is 3. The molecular weight excluding hydrogens is 470 g/mol. The molecule has 3 aromatic rings. The largest absolute Gasteiger partial charge is 0.481 e. The van der Waals surface area contributed by atoms with E-state index in [4.69, 9.17) is 9.88 Å². The van der Waals surface area contributed by atoms with Gasteiger partial charge in [0.2, 0.25) is 15.9 Å². The van der Waals surface area contributed by atoms with Crippen LogP contribution in [0.4, 0.5) is 0 Å². The number of nitriles is 1. The van der Waals surface area contributed by atoms with Crippen LogP contribution in [0.3, 0.4) is 0 Å². The van der Waals surface area contributed by atoms with Gasteiger partial charge in [0.15, 0.2) is 0 Å². The lowest BCUT2D eigenvalue weighted by molar-refractivity contribution is -0.136. The number of primary sulfonamides is 1. The van der Waals surface area contributed by atoms with Crippen LogP contribution in [0.25, 0.3) is 11.1 Å². The molecule has 1 aromatic carbocycles. The van der Waals surface area contributed by atoms with Crippen LogP contribution < -0.4 is 9.88 Å². The summed E-state index contributed by atoms with van der Waals surface area (Å²) in [5, 5.41) is 28.3. The Balaban J connectivity index is 1.94. The second kappa shape index (κ2) is 9.85. The number of pyridine rings is 1. The van der Waals surface area contributed by atoms with Crippen molar-refractivity contribution in [1.29, 1.82) is 5.26 Å². The molecular formula is C24H27N5O5S. The van der Waals surface area contributed by atoms with Crippen LogP contribution in [0.1, 0.15) is 50.3 Å². The molecule has 0 atom stereocenters. The van der Waals surface area contributed by atoms with Gasteiger partial charge >= 0.3 is 5.97 Å². The first-order valence-electron chi connectivity index (χ1n) is 10.8. The molecule has 0 aliphatic carbocycles. The topological polar surface area (TPSA) is 161 Å². The van der Waals surface area contributed by atoms with Crippen LogP contribution >= 0.6 is 0 Å². The van der Waals surface area contributed by atoms with Gasteiger partial charge in [0.25, 0.3) is 0 Å². The summed E-state index contributed by atoms with van der Waals surface area (Å²) in [6.45, 7) is 7.63.